The molecule has 0 spiro atoms. The van der Waals surface area contributed by atoms with Gasteiger partial charge in [-0.25, -0.2) is 4.98 Å². The Morgan fingerprint density at radius 1 is 1.26 bits per heavy atom. The second kappa shape index (κ2) is 7.19. The molecule has 3 rings (SSSR count). The summed E-state index contributed by atoms with van der Waals surface area (Å²) >= 11 is 0. The van der Waals surface area contributed by atoms with E-state index >= 15 is 0 Å². The number of ether oxygens (including phenoxy) is 1. The van der Waals surface area contributed by atoms with Crippen LogP contribution in [0.25, 0.3) is 21.9 Å². The number of hydrogen-bond donors (Lipinski definition) is 0. The highest BCUT2D eigenvalue weighted by atomic mass is 16.6. The van der Waals surface area contributed by atoms with Crippen LogP contribution in [-0.4, -0.2) is 34.5 Å². The number of rotatable bonds is 8. The molecule has 0 aliphatic carbocycles. The maximum atomic E-state index is 5.57. The standard InChI is InChI=1S/C17H20N4O2/c1-3-22-12-16-20-15-11-19-14-8-5-4-7-13(14)17(15)21(16)9-6-10-23-18-2/h4-5,7-8,11H,2-3,6,9-10,12H2,1H3. The third kappa shape index (κ3) is 3.17. The Kier molecular flexibility index (Phi) is 4.83. The van der Waals surface area contributed by atoms with E-state index in [4.69, 9.17) is 14.6 Å². The molecule has 3 aromatic rings. The molecule has 0 aliphatic rings. The average Bonchev–Trinajstić information content (AvgIpc) is 2.95. The number of aromatic nitrogens is 3. The molecular formula is C17H20N4O2. The average molecular weight is 312 g/mol. The number of para-hydroxylation sites is 1. The Bertz CT molecular complexity index is 813. The Hall–Kier alpha value is -2.47. The number of benzene rings is 1. The van der Waals surface area contributed by atoms with Crippen molar-refractivity contribution in [1.82, 2.24) is 14.5 Å². The van der Waals surface area contributed by atoms with Crippen LogP contribution in [0.5, 0.6) is 0 Å². The van der Waals surface area contributed by atoms with Crippen molar-refractivity contribution in [3.63, 3.8) is 0 Å². The predicted octanol–water partition coefficient (Wildman–Crippen LogP) is 3.14. The van der Waals surface area contributed by atoms with E-state index in [0.717, 1.165) is 40.7 Å². The highest BCUT2D eigenvalue weighted by molar-refractivity contribution is 6.02. The number of fused-ring (bicyclic) bond motifs is 3. The van der Waals surface area contributed by atoms with Crippen molar-refractivity contribution in [3.8, 4) is 0 Å². The van der Waals surface area contributed by atoms with Gasteiger partial charge in [-0.3, -0.25) is 4.98 Å². The van der Waals surface area contributed by atoms with E-state index in [9.17, 15) is 0 Å². The molecule has 0 atom stereocenters. The molecule has 120 valence electrons. The molecule has 0 radical (unpaired) electrons. The van der Waals surface area contributed by atoms with Gasteiger partial charge in [0.15, 0.2) is 0 Å². The third-order valence-electron chi connectivity index (χ3n) is 3.70. The van der Waals surface area contributed by atoms with Crippen LogP contribution in [0.15, 0.2) is 35.6 Å². The summed E-state index contributed by atoms with van der Waals surface area (Å²) in [5, 5.41) is 4.53. The van der Waals surface area contributed by atoms with Gasteiger partial charge >= 0.3 is 0 Å². The second-order valence-corrected chi connectivity index (χ2v) is 5.14. The zero-order chi connectivity index (χ0) is 16.1. The Morgan fingerprint density at radius 3 is 2.96 bits per heavy atom. The molecular weight excluding hydrogens is 292 g/mol. The minimum absolute atomic E-state index is 0.486. The van der Waals surface area contributed by atoms with Crippen molar-refractivity contribution in [3.05, 3.63) is 36.3 Å². The molecule has 0 N–H and O–H groups in total. The van der Waals surface area contributed by atoms with Gasteiger partial charge in [0, 0.05) is 31.7 Å². The summed E-state index contributed by atoms with van der Waals surface area (Å²) in [6, 6.07) is 8.11. The summed E-state index contributed by atoms with van der Waals surface area (Å²) in [6.45, 7) is 7.76. The quantitative estimate of drug-likeness (QED) is 0.364. The van der Waals surface area contributed by atoms with Gasteiger partial charge < -0.3 is 14.1 Å². The molecule has 0 amide bonds. The summed E-state index contributed by atoms with van der Waals surface area (Å²) in [5.41, 5.74) is 2.95. The Labute approximate surface area is 134 Å². The zero-order valence-electron chi connectivity index (χ0n) is 13.2. The predicted molar refractivity (Wildman–Crippen MR) is 90.5 cm³/mol. The maximum Gasteiger partial charge on any atom is 0.136 e. The van der Waals surface area contributed by atoms with Gasteiger partial charge in [0.2, 0.25) is 0 Å². The second-order valence-electron chi connectivity index (χ2n) is 5.14. The number of pyridine rings is 1. The number of hydrogen-bond acceptors (Lipinski definition) is 5. The summed E-state index contributed by atoms with van der Waals surface area (Å²) in [6.07, 6.45) is 2.64. The third-order valence-corrected chi connectivity index (χ3v) is 3.70. The molecule has 2 heterocycles. The van der Waals surface area contributed by atoms with Crippen molar-refractivity contribution >= 4 is 28.7 Å². The zero-order valence-corrected chi connectivity index (χ0v) is 13.2. The first-order chi connectivity index (χ1) is 11.3. The van der Waals surface area contributed by atoms with Gasteiger partial charge in [-0.1, -0.05) is 18.2 Å². The highest BCUT2D eigenvalue weighted by Gasteiger charge is 2.14. The monoisotopic (exact) mass is 312 g/mol. The van der Waals surface area contributed by atoms with E-state index < -0.39 is 0 Å². The van der Waals surface area contributed by atoms with Crippen LogP contribution in [0.1, 0.15) is 19.2 Å². The normalized spacial score (nSPS) is 11.2. The minimum atomic E-state index is 0.486. The summed E-state index contributed by atoms with van der Waals surface area (Å²) in [7, 11) is 0. The van der Waals surface area contributed by atoms with Crippen LogP contribution in [0.4, 0.5) is 0 Å². The molecule has 0 aliphatic heterocycles. The lowest BCUT2D eigenvalue weighted by Crippen LogP contribution is -2.08. The Morgan fingerprint density at radius 2 is 2.13 bits per heavy atom. The fourth-order valence-electron chi connectivity index (χ4n) is 2.71. The lowest BCUT2D eigenvalue weighted by Gasteiger charge is -2.10. The van der Waals surface area contributed by atoms with Crippen LogP contribution in [0, 0.1) is 0 Å². The van der Waals surface area contributed by atoms with E-state index in [2.05, 4.69) is 27.5 Å². The summed E-state index contributed by atoms with van der Waals surface area (Å²) < 4.78 is 7.76. The van der Waals surface area contributed by atoms with Crippen molar-refractivity contribution in [2.45, 2.75) is 26.5 Å². The molecule has 0 saturated carbocycles. The highest BCUT2D eigenvalue weighted by Crippen LogP contribution is 2.25. The van der Waals surface area contributed by atoms with Gasteiger partial charge in [0.05, 0.1) is 17.2 Å². The lowest BCUT2D eigenvalue weighted by atomic mass is 10.2. The van der Waals surface area contributed by atoms with Crippen molar-refractivity contribution in [2.75, 3.05) is 13.2 Å². The molecule has 6 heteroatoms. The van der Waals surface area contributed by atoms with Crippen molar-refractivity contribution in [2.24, 2.45) is 5.16 Å². The van der Waals surface area contributed by atoms with Crippen LogP contribution < -0.4 is 0 Å². The van der Waals surface area contributed by atoms with Crippen molar-refractivity contribution in [1.29, 1.82) is 0 Å². The fourth-order valence-corrected chi connectivity index (χ4v) is 2.71. The summed E-state index contributed by atoms with van der Waals surface area (Å²) in [4.78, 5) is 14.2. The van der Waals surface area contributed by atoms with Crippen LogP contribution in [0.3, 0.4) is 0 Å². The summed E-state index contributed by atoms with van der Waals surface area (Å²) in [5.74, 6) is 0.909. The van der Waals surface area contributed by atoms with E-state index in [1.165, 1.54) is 0 Å². The first-order valence-electron chi connectivity index (χ1n) is 7.73. The van der Waals surface area contributed by atoms with E-state index in [1.54, 1.807) is 0 Å². The van der Waals surface area contributed by atoms with Gasteiger partial charge in [-0.05, 0) is 13.0 Å². The molecule has 0 fully saturated rings. The van der Waals surface area contributed by atoms with E-state index in [0.29, 0.717) is 19.8 Å². The smallest absolute Gasteiger partial charge is 0.136 e. The van der Waals surface area contributed by atoms with Crippen LogP contribution >= 0.6 is 0 Å². The molecule has 1 aromatic carbocycles. The number of oxime groups is 1. The molecule has 23 heavy (non-hydrogen) atoms. The van der Waals surface area contributed by atoms with Crippen LogP contribution in [-0.2, 0) is 22.7 Å². The van der Waals surface area contributed by atoms with Gasteiger partial charge in [0.1, 0.15) is 24.6 Å². The van der Waals surface area contributed by atoms with Gasteiger partial charge in [-0.15, -0.1) is 5.16 Å². The Balaban J connectivity index is 2.06. The first-order valence-corrected chi connectivity index (χ1v) is 7.73. The van der Waals surface area contributed by atoms with Crippen molar-refractivity contribution < 1.29 is 9.57 Å². The molecule has 0 unspecified atom stereocenters. The molecule has 0 bridgehead atoms. The van der Waals surface area contributed by atoms with Gasteiger partial charge in [-0.2, -0.15) is 0 Å². The maximum absolute atomic E-state index is 5.57. The number of aryl methyl sites for hydroxylation is 1. The molecule has 6 nitrogen and oxygen atoms in total. The topological polar surface area (TPSA) is 61.5 Å². The number of nitrogens with zero attached hydrogens (tertiary/aromatic N) is 4. The van der Waals surface area contributed by atoms with Crippen LogP contribution in [0.2, 0.25) is 0 Å². The fraction of sp³-hybridized carbons (Fsp3) is 0.353. The number of imidazole rings is 1. The SMILES string of the molecule is C=NOCCCn1c(COCC)nc2cnc3ccccc3c21. The molecule has 2 aromatic heterocycles. The van der Waals surface area contributed by atoms with E-state index in [1.807, 2.05) is 31.3 Å². The first kappa shape index (κ1) is 15.4. The molecule has 0 saturated heterocycles. The van der Waals surface area contributed by atoms with Gasteiger partial charge in [0.25, 0.3) is 0 Å². The minimum Gasteiger partial charge on any atom is -0.396 e. The van der Waals surface area contributed by atoms with E-state index in [-0.39, 0.29) is 0 Å². The lowest BCUT2D eigenvalue weighted by molar-refractivity contribution is 0.123. The largest absolute Gasteiger partial charge is 0.396 e.